The molecule has 0 aliphatic rings. The second-order valence-electron chi connectivity index (χ2n) is 5.09. The fourth-order valence-electron chi connectivity index (χ4n) is 2.17. The molecule has 0 atom stereocenters. The Bertz CT molecular complexity index is 894. The first-order chi connectivity index (χ1) is 12.4. The van der Waals surface area contributed by atoms with Gasteiger partial charge >= 0.3 is 6.18 Å². The fourth-order valence-corrected chi connectivity index (χ4v) is 2.92. The van der Waals surface area contributed by atoms with Crippen molar-refractivity contribution in [2.24, 2.45) is 7.05 Å². The minimum Gasteiger partial charge on any atom is -0.493 e. The van der Waals surface area contributed by atoms with Crippen LogP contribution < -0.4 is 4.74 Å². The summed E-state index contributed by atoms with van der Waals surface area (Å²) in [5, 5.41) is 10.7. The molecule has 26 heavy (non-hydrogen) atoms. The van der Waals surface area contributed by atoms with E-state index in [2.05, 4.69) is 20.3 Å². The standard InChI is InChI=1S/C15H14F3N5O2S/c1-3-24-10-7-5-4-6-9(10)12-19-11(25-22-12)8-26-14-21-20-13(23(14)2)15(16,17)18/h4-7H,3,8H2,1-2H3. The monoisotopic (exact) mass is 385 g/mol. The molecule has 0 N–H and O–H groups in total. The van der Waals surface area contributed by atoms with Gasteiger partial charge < -0.3 is 13.8 Å². The second-order valence-corrected chi connectivity index (χ2v) is 6.04. The Morgan fingerprint density at radius 1 is 1.23 bits per heavy atom. The third-order valence-corrected chi connectivity index (χ3v) is 4.31. The number of para-hydroxylation sites is 1. The molecule has 0 amide bonds. The second kappa shape index (κ2) is 7.36. The number of thioether (sulfide) groups is 1. The molecule has 1 aromatic carbocycles. The predicted molar refractivity (Wildman–Crippen MR) is 86.5 cm³/mol. The number of hydrogen-bond donors (Lipinski definition) is 0. The van der Waals surface area contributed by atoms with Crippen LogP contribution in [0.2, 0.25) is 0 Å². The summed E-state index contributed by atoms with van der Waals surface area (Å²) >= 11 is 1.02. The van der Waals surface area contributed by atoms with E-state index in [1.165, 1.54) is 7.05 Å². The van der Waals surface area contributed by atoms with E-state index < -0.39 is 12.0 Å². The Morgan fingerprint density at radius 3 is 2.69 bits per heavy atom. The van der Waals surface area contributed by atoms with Gasteiger partial charge in [0.05, 0.1) is 17.9 Å². The molecule has 2 aromatic heterocycles. The maximum absolute atomic E-state index is 12.7. The summed E-state index contributed by atoms with van der Waals surface area (Å²) in [6.45, 7) is 2.36. The average Bonchev–Trinajstić information content (AvgIpc) is 3.20. The highest BCUT2D eigenvalue weighted by Gasteiger charge is 2.37. The third kappa shape index (κ3) is 3.82. The number of rotatable bonds is 6. The van der Waals surface area contributed by atoms with Gasteiger partial charge in [0, 0.05) is 7.05 Å². The van der Waals surface area contributed by atoms with Crippen LogP contribution >= 0.6 is 11.8 Å². The molecule has 2 heterocycles. The van der Waals surface area contributed by atoms with Crippen molar-refractivity contribution in [3.8, 4) is 17.1 Å². The van der Waals surface area contributed by atoms with E-state index in [0.29, 0.717) is 23.7 Å². The van der Waals surface area contributed by atoms with E-state index in [1.54, 1.807) is 12.1 Å². The molecule has 11 heteroatoms. The Labute approximate surface area is 150 Å². The fraction of sp³-hybridized carbons (Fsp3) is 0.333. The van der Waals surface area contributed by atoms with E-state index in [4.69, 9.17) is 9.26 Å². The minimum absolute atomic E-state index is 0.104. The van der Waals surface area contributed by atoms with Crippen molar-refractivity contribution in [1.82, 2.24) is 24.9 Å². The molecule has 0 spiro atoms. The number of alkyl halides is 3. The van der Waals surface area contributed by atoms with Crippen LogP contribution in [0, 0.1) is 0 Å². The van der Waals surface area contributed by atoms with E-state index in [0.717, 1.165) is 16.3 Å². The first kappa shape index (κ1) is 18.2. The molecule has 0 fully saturated rings. The summed E-state index contributed by atoms with van der Waals surface area (Å²) < 4.78 is 49.8. The lowest BCUT2D eigenvalue weighted by molar-refractivity contribution is -0.147. The summed E-state index contributed by atoms with van der Waals surface area (Å²) in [6, 6.07) is 7.24. The van der Waals surface area contributed by atoms with Gasteiger partial charge in [0.1, 0.15) is 5.75 Å². The van der Waals surface area contributed by atoms with E-state index in [-0.39, 0.29) is 16.8 Å². The maximum atomic E-state index is 12.7. The lowest BCUT2D eigenvalue weighted by atomic mass is 10.2. The highest BCUT2D eigenvalue weighted by molar-refractivity contribution is 7.98. The van der Waals surface area contributed by atoms with Crippen LogP contribution in [-0.4, -0.2) is 31.5 Å². The van der Waals surface area contributed by atoms with Crippen LogP contribution in [0.4, 0.5) is 13.2 Å². The van der Waals surface area contributed by atoms with Crippen LogP contribution in [0.3, 0.4) is 0 Å². The number of hydrogen-bond acceptors (Lipinski definition) is 7. The number of aromatic nitrogens is 5. The summed E-state index contributed by atoms with van der Waals surface area (Å²) in [5.74, 6) is 0.328. The summed E-state index contributed by atoms with van der Waals surface area (Å²) in [7, 11) is 1.25. The molecule has 138 valence electrons. The molecule has 7 nitrogen and oxygen atoms in total. The molecule has 0 unspecified atom stereocenters. The molecule has 0 aliphatic heterocycles. The first-order valence-corrected chi connectivity index (χ1v) is 8.53. The van der Waals surface area contributed by atoms with Crippen LogP contribution in [0.15, 0.2) is 33.9 Å². The number of halogens is 3. The summed E-state index contributed by atoms with van der Waals surface area (Å²) in [6.07, 6.45) is -4.55. The summed E-state index contributed by atoms with van der Waals surface area (Å²) in [4.78, 5) is 4.27. The van der Waals surface area contributed by atoms with Gasteiger partial charge in [-0.25, -0.2) is 0 Å². The molecule has 0 saturated heterocycles. The maximum Gasteiger partial charge on any atom is 0.451 e. The normalized spacial score (nSPS) is 11.7. The van der Waals surface area contributed by atoms with E-state index in [9.17, 15) is 13.2 Å². The average molecular weight is 385 g/mol. The number of benzene rings is 1. The van der Waals surface area contributed by atoms with Gasteiger partial charge in [-0.1, -0.05) is 29.1 Å². The van der Waals surface area contributed by atoms with Gasteiger partial charge in [0.2, 0.25) is 17.5 Å². The quantitative estimate of drug-likeness (QED) is 0.600. The Hall–Kier alpha value is -2.56. The van der Waals surface area contributed by atoms with Gasteiger partial charge in [-0.05, 0) is 19.1 Å². The van der Waals surface area contributed by atoms with Crippen LogP contribution in [0.25, 0.3) is 11.4 Å². The molecular formula is C15H14F3N5O2S. The van der Waals surface area contributed by atoms with Gasteiger partial charge in [0.15, 0.2) is 5.16 Å². The minimum atomic E-state index is -4.55. The Kier molecular flexibility index (Phi) is 5.16. The molecular weight excluding hydrogens is 371 g/mol. The summed E-state index contributed by atoms with van der Waals surface area (Å²) in [5.41, 5.74) is 0.673. The van der Waals surface area contributed by atoms with Crippen molar-refractivity contribution in [2.45, 2.75) is 24.0 Å². The van der Waals surface area contributed by atoms with Gasteiger partial charge in [-0.2, -0.15) is 18.2 Å². The van der Waals surface area contributed by atoms with Crippen molar-refractivity contribution in [2.75, 3.05) is 6.61 Å². The van der Waals surface area contributed by atoms with Crippen LogP contribution in [0.1, 0.15) is 18.6 Å². The number of nitrogens with zero attached hydrogens (tertiary/aromatic N) is 5. The number of ether oxygens (including phenoxy) is 1. The Balaban J connectivity index is 1.73. The lowest BCUT2D eigenvalue weighted by Gasteiger charge is -2.06. The van der Waals surface area contributed by atoms with Crippen molar-refractivity contribution in [3.63, 3.8) is 0 Å². The molecule has 0 radical (unpaired) electrons. The zero-order chi connectivity index (χ0) is 18.7. The van der Waals surface area contributed by atoms with Crippen LogP contribution in [-0.2, 0) is 19.0 Å². The first-order valence-electron chi connectivity index (χ1n) is 7.54. The highest BCUT2D eigenvalue weighted by atomic mass is 32.2. The zero-order valence-electron chi connectivity index (χ0n) is 13.8. The van der Waals surface area contributed by atoms with Gasteiger partial charge in [0.25, 0.3) is 0 Å². The third-order valence-electron chi connectivity index (χ3n) is 3.31. The Morgan fingerprint density at radius 2 is 2.00 bits per heavy atom. The van der Waals surface area contributed by atoms with Gasteiger partial charge in [-0.3, -0.25) is 0 Å². The van der Waals surface area contributed by atoms with Crippen molar-refractivity contribution in [3.05, 3.63) is 36.0 Å². The van der Waals surface area contributed by atoms with Gasteiger partial charge in [-0.15, -0.1) is 10.2 Å². The predicted octanol–water partition coefficient (Wildman–Crippen LogP) is 3.57. The molecule has 3 aromatic rings. The largest absolute Gasteiger partial charge is 0.493 e. The molecule has 0 saturated carbocycles. The molecule has 0 aliphatic carbocycles. The van der Waals surface area contributed by atoms with Crippen LogP contribution in [0.5, 0.6) is 5.75 Å². The molecule has 0 bridgehead atoms. The van der Waals surface area contributed by atoms with E-state index >= 15 is 0 Å². The smallest absolute Gasteiger partial charge is 0.451 e. The van der Waals surface area contributed by atoms with E-state index in [1.807, 2.05) is 19.1 Å². The van der Waals surface area contributed by atoms with Crippen molar-refractivity contribution >= 4 is 11.8 Å². The van der Waals surface area contributed by atoms with Crippen molar-refractivity contribution < 1.29 is 22.4 Å². The SMILES string of the molecule is CCOc1ccccc1-c1noc(CSc2nnc(C(F)(F)F)n2C)n1. The topological polar surface area (TPSA) is 78.9 Å². The lowest BCUT2D eigenvalue weighted by Crippen LogP contribution is -2.12. The zero-order valence-corrected chi connectivity index (χ0v) is 14.6. The highest BCUT2D eigenvalue weighted by Crippen LogP contribution is 2.31. The molecule has 3 rings (SSSR count). The van der Waals surface area contributed by atoms with Crippen molar-refractivity contribution in [1.29, 1.82) is 0 Å².